The van der Waals surface area contributed by atoms with E-state index in [0.717, 1.165) is 6.26 Å². The summed E-state index contributed by atoms with van der Waals surface area (Å²) in [7, 11) is 0. The first kappa shape index (κ1) is 14.7. The molecule has 0 aliphatic heterocycles. The lowest BCUT2D eigenvalue weighted by Gasteiger charge is -2.41. The maximum absolute atomic E-state index is 10.1. The van der Waals surface area contributed by atoms with Crippen molar-refractivity contribution in [3.8, 4) is 6.26 Å². The Balaban J connectivity index is 0.000000673. The number of carbonyl (C=O) groups excluding carboxylic acids is 1. The van der Waals surface area contributed by atoms with Crippen LogP contribution in [0.5, 0.6) is 0 Å². The van der Waals surface area contributed by atoms with Crippen molar-refractivity contribution in [2.24, 2.45) is 15.8 Å². The molecule has 1 atom stereocenters. The average molecular weight is 224 g/mol. The zero-order valence-electron chi connectivity index (χ0n) is 10.3. The highest BCUT2D eigenvalue weighted by Gasteiger charge is 2.36. The third-order valence-electron chi connectivity index (χ3n) is 3.06. The number of aliphatic hydroxyl groups excluding tert-OH is 1. The lowest BCUT2D eigenvalue weighted by atomic mass is 9.64. The molecule has 1 saturated carbocycles. The van der Waals surface area contributed by atoms with E-state index >= 15 is 0 Å². The van der Waals surface area contributed by atoms with Crippen LogP contribution >= 0.6 is 0 Å². The van der Waals surface area contributed by atoms with Gasteiger partial charge in [-0.15, -0.1) is 0 Å². The second-order valence-corrected chi connectivity index (χ2v) is 5.51. The van der Waals surface area contributed by atoms with Gasteiger partial charge in [0.1, 0.15) is 0 Å². The van der Waals surface area contributed by atoms with Gasteiger partial charge in [-0.25, -0.2) is 9.79 Å². The van der Waals surface area contributed by atoms with E-state index in [9.17, 15) is 4.79 Å². The first-order valence-electron chi connectivity index (χ1n) is 5.46. The summed E-state index contributed by atoms with van der Waals surface area (Å²) in [6, 6.07) is 0. The summed E-state index contributed by atoms with van der Waals surface area (Å²) in [6.07, 6.45) is 7.32. The minimum atomic E-state index is 0.235. The number of nitriles is 1. The van der Waals surface area contributed by atoms with Crippen molar-refractivity contribution in [2.75, 3.05) is 6.54 Å². The predicted molar refractivity (Wildman–Crippen MR) is 60.9 cm³/mol. The molecule has 0 spiro atoms. The number of isocyanates is 1. The fourth-order valence-corrected chi connectivity index (χ4v) is 2.68. The molecule has 1 aliphatic carbocycles. The molecule has 0 saturated heterocycles. The van der Waals surface area contributed by atoms with Crippen molar-refractivity contribution in [3.63, 3.8) is 0 Å². The lowest BCUT2D eigenvalue weighted by molar-refractivity contribution is 0.107. The molecule has 4 heteroatoms. The Morgan fingerprint density at radius 3 is 2.38 bits per heavy atom. The van der Waals surface area contributed by atoms with Gasteiger partial charge in [-0.05, 0) is 30.1 Å². The zero-order valence-corrected chi connectivity index (χ0v) is 10.3. The van der Waals surface area contributed by atoms with Crippen LogP contribution in [0.3, 0.4) is 0 Å². The molecule has 1 N–H and O–H groups in total. The largest absolute Gasteiger partial charge is 0.443 e. The van der Waals surface area contributed by atoms with Crippen molar-refractivity contribution < 1.29 is 9.90 Å². The summed E-state index contributed by atoms with van der Waals surface area (Å²) in [5.74, 6) is 0. The van der Waals surface area contributed by atoms with Crippen LogP contribution in [0.15, 0.2) is 4.99 Å². The SMILES string of the molecule is CC1(C)CCCC(C)(CN=C=O)C1.N#CO. The van der Waals surface area contributed by atoms with Gasteiger partial charge in [0.15, 0.2) is 0 Å². The van der Waals surface area contributed by atoms with Crippen molar-refractivity contribution >= 4 is 6.08 Å². The van der Waals surface area contributed by atoms with Gasteiger partial charge in [0, 0.05) is 0 Å². The summed E-state index contributed by atoms with van der Waals surface area (Å²) in [5, 5.41) is 13.8. The summed E-state index contributed by atoms with van der Waals surface area (Å²) >= 11 is 0. The molecule has 0 radical (unpaired) electrons. The van der Waals surface area contributed by atoms with Gasteiger partial charge in [-0.1, -0.05) is 27.2 Å². The van der Waals surface area contributed by atoms with Gasteiger partial charge in [-0.3, -0.25) is 0 Å². The van der Waals surface area contributed by atoms with E-state index in [1.54, 1.807) is 6.08 Å². The smallest absolute Gasteiger partial charge is 0.283 e. The van der Waals surface area contributed by atoms with Gasteiger partial charge in [-0.2, -0.15) is 5.26 Å². The van der Waals surface area contributed by atoms with E-state index in [2.05, 4.69) is 25.8 Å². The van der Waals surface area contributed by atoms with Gasteiger partial charge < -0.3 is 5.11 Å². The van der Waals surface area contributed by atoms with Gasteiger partial charge in [0.25, 0.3) is 6.26 Å². The summed E-state index contributed by atoms with van der Waals surface area (Å²) in [4.78, 5) is 13.8. The highest BCUT2D eigenvalue weighted by molar-refractivity contribution is 5.33. The van der Waals surface area contributed by atoms with Crippen LogP contribution in [0.4, 0.5) is 0 Å². The van der Waals surface area contributed by atoms with Crippen molar-refractivity contribution in [1.29, 1.82) is 5.26 Å². The van der Waals surface area contributed by atoms with Crippen molar-refractivity contribution in [2.45, 2.75) is 46.5 Å². The Labute approximate surface area is 97.0 Å². The molecule has 1 fully saturated rings. The standard InChI is InChI=1S/C11H19NO.CHNO/c1-10(2)5-4-6-11(3,7-10)8-12-9-13;2-1-3/h4-8H2,1-3H3;3H. The number of rotatable bonds is 2. The number of hydrogen-bond donors (Lipinski definition) is 1. The van der Waals surface area contributed by atoms with Crippen LogP contribution in [-0.4, -0.2) is 17.7 Å². The molecule has 0 aromatic heterocycles. The molecular weight excluding hydrogens is 204 g/mol. The van der Waals surface area contributed by atoms with E-state index in [0.29, 0.717) is 12.0 Å². The minimum Gasteiger partial charge on any atom is -0.443 e. The Morgan fingerprint density at radius 1 is 1.38 bits per heavy atom. The number of nitrogens with zero attached hydrogens (tertiary/aromatic N) is 2. The Bertz CT molecular complexity index is 301. The van der Waals surface area contributed by atoms with E-state index in [1.165, 1.54) is 25.7 Å². The molecule has 1 unspecified atom stereocenters. The van der Waals surface area contributed by atoms with Crippen LogP contribution < -0.4 is 0 Å². The molecule has 0 amide bonds. The fraction of sp³-hybridized carbons (Fsp3) is 0.833. The minimum absolute atomic E-state index is 0.235. The summed E-state index contributed by atoms with van der Waals surface area (Å²) < 4.78 is 0. The third kappa shape index (κ3) is 5.53. The number of aliphatic imine (C=N–C) groups is 1. The van der Waals surface area contributed by atoms with Gasteiger partial charge in [0.05, 0.1) is 6.54 Å². The number of aliphatic hydroxyl groups is 1. The monoisotopic (exact) mass is 224 g/mol. The first-order valence-corrected chi connectivity index (χ1v) is 5.46. The summed E-state index contributed by atoms with van der Waals surface area (Å²) in [5.41, 5.74) is 0.657. The van der Waals surface area contributed by atoms with E-state index in [4.69, 9.17) is 10.4 Å². The normalized spacial score (nSPS) is 26.6. The topological polar surface area (TPSA) is 73.5 Å². The maximum Gasteiger partial charge on any atom is 0.283 e. The second-order valence-electron chi connectivity index (χ2n) is 5.51. The third-order valence-corrected chi connectivity index (χ3v) is 3.06. The predicted octanol–water partition coefficient (Wildman–Crippen LogP) is 2.77. The van der Waals surface area contributed by atoms with Crippen LogP contribution in [0, 0.1) is 22.3 Å². The molecular formula is C12H20N2O2. The van der Waals surface area contributed by atoms with Crippen molar-refractivity contribution in [1.82, 2.24) is 0 Å². The van der Waals surface area contributed by atoms with Crippen LogP contribution in [0.1, 0.15) is 46.5 Å². The number of hydrogen-bond acceptors (Lipinski definition) is 4. The average Bonchev–Trinajstić information content (AvgIpc) is 2.14. The molecule has 0 bridgehead atoms. The van der Waals surface area contributed by atoms with Crippen LogP contribution in [0.25, 0.3) is 0 Å². The Kier molecular flexibility index (Phi) is 5.77. The fourth-order valence-electron chi connectivity index (χ4n) is 2.68. The molecule has 1 aliphatic rings. The Morgan fingerprint density at radius 2 is 1.94 bits per heavy atom. The molecule has 4 nitrogen and oxygen atoms in total. The lowest BCUT2D eigenvalue weighted by Crippen LogP contribution is -2.32. The molecule has 90 valence electrons. The molecule has 0 heterocycles. The van der Waals surface area contributed by atoms with Gasteiger partial charge >= 0.3 is 0 Å². The van der Waals surface area contributed by atoms with E-state index in [1.807, 2.05) is 0 Å². The second kappa shape index (κ2) is 6.30. The highest BCUT2D eigenvalue weighted by Crippen LogP contribution is 2.45. The maximum atomic E-state index is 10.1. The molecule has 16 heavy (non-hydrogen) atoms. The van der Waals surface area contributed by atoms with Gasteiger partial charge in [0.2, 0.25) is 6.08 Å². The quantitative estimate of drug-likeness (QED) is 0.445. The molecule has 0 aromatic carbocycles. The van der Waals surface area contributed by atoms with E-state index in [-0.39, 0.29) is 5.41 Å². The van der Waals surface area contributed by atoms with Crippen LogP contribution in [0.2, 0.25) is 0 Å². The van der Waals surface area contributed by atoms with Crippen molar-refractivity contribution in [3.05, 3.63) is 0 Å². The van der Waals surface area contributed by atoms with E-state index < -0.39 is 0 Å². The summed E-state index contributed by atoms with van der Waals surface area (Å²) in [6.45, 7) is 7.48. The zero-order chi connectivity index (χ0) is 12.7. The Hall–Kier alpha value is -1.33. The molecule has 1 rings (SSSR count). The van der Waals surface area contributed by atoms with Crippen LogP contribution in [-0.2, 0) is 4.79 Å². The highest BCUT2D eigenvalue weighted by atomic mass is 16.2. The molecule has 0 aromatic rings. The first-order chi connectivity index (χ1) is 7.39.